The fraction of sp³-hybridized carbons (Fsp3) is 0.625. The maximum absolute atomic E-state index is 11.4. The summed E-state index contributed by atoms with van der Waals surface area (Å²) in [6.45, 7) is 8.44. The number of pyridine rings is 1. The second-order valence-electron chi connectivity index (χ2n) is 6.70. The molecule has 2 rings (SSSR count). The number of nitrogens with zero attached hydrogens (tertiary/aromatic N) is 3. The van der Waals surface area contributed by atoms with Gasteiger partial charge in [-0.05, 0) is 51.7 Å². The monoisotopic (exact) mass is 291 g/mol. The molecule has 0 saturated carbocycles. The third kappa shape index (κ3) is 4.09. The average molecular weight is 291 g/mol. The highest BCUT2D eigenvalue weighted by Crippen LogP contribution is 2.25. The first-order valence-corrected chi connectivity index (χ1v) is 7.53. The van der Waals surface area contributed by atoms with Crippen molar-refractivity contribution in [2.24, 2.45) is 5.92 Å². The number of carboxylic acid groups (broad SMARTS) is 1. The third-order valence-corrected chi connectivity index (χ3v) is 4.12. The predicted octanol–water partition coefficient (Wildman–Crippen LogP) is 3.08. The zero-order valence-electron chi connectivity index (χ0n) is 13.1. The maximum Gasteiger partial charge on any atom is 0.407 e. The molecule has 1 aliphatic rings. The van der Waals surface area contributed by atoms with Crippen molar-refractivity contribution >= 4 is 11.8 Å². The summed E-state index contributed by atoms with van der Waals surface area (Å²) < 4.78 is 0. The minimum atomic E-state index is -0.820. The topological polar surface area (TPSA) is 56.7 Å². The third-order valence-electron chi connectivity index (χ3n) is 4.12. The molecule has 0 atom stereocenters. The van der Waals surface area contributed by atoms with E-state index in [0.717, 1.165) is 25.9 Å². The maximum atomic E-state index is 11.4. The van der Waals surface area contributed by atoms with Crippen molar-refractivity contribution in [1.82, 2.24) is 9.88 Å². The van der Waals surface area contributed by atoms with Crippen LogP contribution in [-0.4, -0.2) is 46.3 Å². The van der Waals surface area contributed by atoms with Gasteiger partial charge in [0.25, 0.3) is 0 Å². The van der Waals surface area contributed by atoms with Crippen LogP contribution in [0.15, 0.2) is 24.5 Å². The van der Waals surface area contributed by atoms with E-state index in [9.17, 15) is 9.90 Å². The molecule has 5 heteroatoms. The molecule has 0 unspecified atom stereocenters. The van der Waals surface area contributed by atoms with Gasteiger partial charge in [0, 0.05) is 43.3 Å². The molecule has 1 aliphatic heterocycles. The zero-order valence-corrected chi connectivity index (χ0v) is 13.1. The van der Waals surface area contributed by atoms with E-state index in [2.05, 4.69) is 9.88 Å². The van der Waals surface area contributed by atoms with Crippen LogP contribution in [0, 0.1) is 5.92 Å². The molecule has 0 radical (unpaired) electrons. The Morgan fingerprint density at radius 3 is 2.38 bits per heavy atom. The highest BCUT2D eigenvalue weighted by atomic mass is 16.4. The van der Waals surface area contributed by atoms with Crippen LogP contribution < -0.4 is 4.90 Å². The molecule has 116 valence electrons. The van der Waals surface area contributed by atoms with Crippen LogP contribution in [-0.2, 0) is 0 Å². The van der Waals surface area contributed by atoms with Gasteiger partial charge in [0.2, 0.25) is 0 Å². The number of anilines is 1. The number of hydrogen-bond donors (Lipinski definition) is 1. The summed E-state index contributed by atoms with van der Waals surface area (Å²) in [4.78, 5) is 19.4. The number of carbonyl (C=O) groups is 1. The molecule has 1 amide bonds. The van der Waals surface area contributed by atoms with Gasteiger partial charge in [-0.25, -0.2) is 4.79 Å². The number of rotatable bonds is 3. The zero-order chi connectivity index (χ0) is 15.5. The van der Waals surface area contributed by atoms with Gasteiger partial charge < -0.3 is 14.9 Å². The van der Waals surface area contributed by atoms with Crippen LogP contribution in [0.3, 0.4) is 0 Å². The van der Waals surface area contributed by atoms with Crippen LogP contribution in [0.4, 0.5) is 10.5 Å². The molecular formula is C16H25N3O2. The van der Waals surface area contributed by atoms with Crippen LogP contribution >= 0.6 is 0 Å². The van der Waals surface area contributed by atoms with Crippen LogP contribution in [0.5, 0.6) is 0 Å². The second kappa shape index (κ2) is 6.33. The summed E-state index contributed by atoms with van der Waals surface area (Å²) in [6.07, 6.45) is 4.86. The summed E-state index contributed by atoms with van der Waals surface area (Å²) in [5, 5.41) is 9.38. The van der Waals surface area contributed by atoms with Gasteiger partial charge in [-0.3, -0.25) is 4.98 Å². The molecule has 0 aliphatic carbocycles. The quantitative estimate of drug-likeness (QED) is 0.930. The summed E-state index contributed by atoms with van der Waals surface area (Å²) in [7, 11) is 0. The Bertz CT molecular complexity index is 462. The van der Waals surface area contributed by atoms with E-state index in [1.165, 1.54) is 5.69 Å². The SMILES string of the molecule is CC(C)(C)N(CC1CCN(c2ccncc2)CC1)C(=O)O. The van der Waals surface area contributed by atoms with Crippen molar-refractivity contribution in [1.29, 1.82) is 0 Å². The molecule has 0 bridgehead atoms. The largest absolute Gasteiger partial charge is 0.465 e. The second-order valence-corrected chi connectivity index (χ2v) is 6.70. The van der Waals surface area contributed by atoms with E-state index in [-0.39, 0.29) is 5.54 Å². The Labute approximate surface area is 126 Å². The lowest BCUT2D eigenvalue weighted by atomic mass is 9.94. The Hall–Kier alpha value is -1.78. The Balaban J connectivity index is 1.91. The van der Waals surface area contributed by atoms with E-state index in [0.29, 0.717) is 12.5 Å². The van der Waals surface area contributed by atoms with E-state index < -0.39 is 6.09 Å². The molecule has 0 spiro atoms. The van der Waals surface area contributed by atoms with Crippen molar-refractivity contribution in [3.05, 3.63) is 24.5 Å². The number of piperidine rings is 1. The Morgan fingerprint density at radius 2 is 1.90 bits per heavy atom. The molecule has 1 fully saturated rings. The number of aromatic nitrogens is 1. The number of hydrogen-bond acceptors (Lipinski definition) is 3. The van der Waals surface area contributed by atoms with Crippen LogP contribution in [0.1, 0.15) is 33.6 Å². The predicted molar refractivity (Wildman–Crippen MR) is 83.7 cm³/mol. The fourth-order valence-electron chi connectivity index (χ4n) is 2.83. The average Bonchev–Trinajstić information content (AvgIpc) is 2.45. The first-order chi connectivity index (χ1) is 9.88. The smallest absolute Gasteiger partial charge is 0.407 e. The first kappa shape index (κ1) is 15.6. The van der Waals surface area contributed by atoms with Crippen LogP contribution in [0.2, 0.25) is 0 Å². The Kier molecular flexibility index (Phi) is 4.70. The summed E-state index contributed by atoms with van der Waals surface area (Å²) in [5.41, 5.74) is 0.864. The first-order valence-electron chi connectivity index (χ1n) is 7.53. The highest BCUT2D eigenvalue weighted by molar-refractivity contribution is 5.66. The van der Waals surface area contributed by atoms with E-state index >= 15 is 0 Å². The lowest BCUT2D eigenvalue weighted by Crippen LogP contribution is -2.49. The summed E-state index contributed by atoms with van der Waals surface area (Å²) in [6, 6.07) is 4.05. The van der Waals surface area contributed by atoms with E-state index in [1.54, 1.807) is 4.90 Å². The molecule has 1 N–H and O–H groups in total. The van der Waals surface area contributed by atoms with Crippen molar-refractivity contribution < 1.29 is 9.90 Å². The van der Waals surface area contributed by atoms with Crippen molar-refractivity contribution in [2.75, 3.05) is 24.5 Å². The summed E-state index contributed by atoms with van der Waals surface area (Å²) >= 11 is 0. The molecule has 2 heterocycles. The molecule has 1 aromatic rings. The normalized spacial score (nSPS) is 16.8. The van der Waals surface area contributed by atoms with Crippen LogP contribution in [0.25, 0.3) is 0 Å². The van der Waals surface area contributed by atoms with Gasteiger partial charge in [-0.2, -0.15) is 0 Å². The standard InChI is InChI=1S/C16H25N3O2/c1-16(2,3)19(15(20)21)12-13-6-10-18(11-7-13)14-4-8-17-9-5-14/h4-5,8-9,13H,6-7,10-12H2,1-3H3,(H,20,21). The van der Waals surface area contributed by atoms with Gasteiger partial charge in [0.1, 0.15) is 0 Å². The Morgan fingerprint density at radius 1 is 1.33 bits per heavy atom. The molecular weight excluding hydrogens is 266 g/mol. The molecule has 1 saturated heterocycles. The molecule has 1 aromatic heterocycles. The van der Waals surface area contributed by atoms with Gasteiger partial charge in [0.15, 0.2) is 0 Å². The van der Waals surface area contributed by atoms with E-state index in [4.69, 9.17) is 0 Å². The molecule has 5 nitrogen and oxygen atoms in total. The molecule has 21 heavy (non-hydrogen) atoms. The summed E-state index contributed by atoms with van der Waals surface area (Å²) in [5.74, 6) is 0.443. The van der Waals surface area contributed by atoms with Crippen molar-refractivity contribution in [3.8, 4) is 0 Å². The lowest BCUT2D eigenvalue weighted by molar-refractivity contribution is 0.0852. The van der Waals surface area contributed by atoms with Gasteiger partial charge in [-0.15, -0.1) is 0 Å². The van der Waals surface area contributed by atoms with Gasteiger partial charge in [-0.1, -0.05) is 0 Å². The van der Waals surface area contributed by atoms with Gasteiger partial charge in [0.05, 0.1) is 0 Å². The lowest BCUT2D eigenvalue weighted by Gasteiger charge is -2.39. The minimum absolute atomic E-state index is 0.339. The number of amides is 1. The van der Waals surface area contributed by atoms with Crippen molar-refractivity contribution in [2.45, 2.75) is 39.2 Å². The van der Waals surface area contributed by atoms with Crippen molar-refractivity contribution in [3.63, 3.8) is 0 Å². The van der Waals surface area contributed by atoms with Gasteiger partial charge >= 0.3 is 6.09 Å². The molecule has 0 aromatic carbocycles. The van der Waals surface area contributed by atoms with E-state index in [1.807, 2.05) is 45.3 Å². The fourth-order valence-corrected chi connectivity index (χ4v) is 2.83. The minimum Gasteiger partial charge on any atom is -0.465 e. The highest BCUT2D eigenvalue weighted by Gasteiger charge is 2.30.